The third kappa shape index (κ3) is 4.23. The molecule has 1 aliphatic rings. The summed E-state index contributed by atoms with van der Waals surface area (Å²) in [7, 11) is 0. The number of aliphatic imine (C=N–C) groups is 1. The van der Waals surface area contributed by atoms with Gasteiger partial charge < -0.3 is 9.88 Å². The number of para-hydroxylation sites is 1. The van der Waals surface area contributed by atoms with E-state index in [9.17, 15) is 5.26 Å². The average molecular weight is 607 g/mol. The molecule has 0 spiro atoms. The lowest BCUT2D eigenvalue weighted by atomic mass is 10.0. The summed E-state index contributed by atoms with van der Waals surface area (Å²) in [4.78, 5) is 5.16. The number of fused-ring (bicyclic) bond motifs is 7. The third-order valence-electron chi connectivity index (χ3n) is 8.86. The molecule has 0 bridgehead atoms. The van der Waals surface area contributed by atoms with Gasteiger partial charge in [0.15, 0.2) is 0 Å². The van der Waals surface area contributed by atoms with Gasteiger partial charge in [-0.05, 0) is 59.2 Å². The van der Waals surface area contributed by atoms with E-state index in [0.717, 1.165) is 33.8 Å². The quantitative estimate of drug-likeness (QED) is 0.217. The van der Waals surface area contributed by atoms with E-state index in [4.69, 9.17) is 4.99 Å². The van der Waals surface area contributed by atoms with Crippen molar-refractivity contribution in [1.29, 1.82) is 5.26 Å². The first-order valence-electron chi connectivity index (χ1n) is 15.3. The monoisotopic (exact) mass is 606 g/mol. The Kier molecular flexibility index (Phi) is 6.09. The van der Waals surface area contributed by atoms with E-state index in [2.05, 4.69) is 119 Å². The molecule has 8 aromatic rings. The van der Waals surface area contributed by atoms with Crippen LogP contribution in [0.3, 0.4) is 0 Å². The van der Waals surface area contributed by atoms with Gasteiger partial charge in [0.25, 0.3) is 0 Å². The number of hydrogen-bond donors (Lipinski definition) is 1. The first-order chi connectivity index (χ1) is 22.7. The van der Waals surface area contributed by atoms with Crippen LogP contribution in [0.15, 0.2) is 151 Å². The highest BCUT2D eigenvalue weighted by Crippen LogP contribution is 2.43. The highest BCUT2D eigenvalue weighted by molar-refractivity contribution is 7.26. The highest BCUT2D eigenvalue weighted by Gasteiger charge is 2.21. The van der Waals surface area contributed by atoms with E-state index >= 15 is 0 Å². The van der Waals surface area contributed by atoms with Gasteiger partial charge in [0.05, 0.1) is 33.1 Å². The normalized spacial score (nSPS) is 14.7. The molecule has 0 saturated carbocycles. The molecule has 9 rings (SSSR count). The second-order valence-electron chi connectivity index (χ2n) is 11.6. The number of hydrogen-bond acceptors (Lipinski definition) is 4. The van der Waals surface area contributed by atoms with Crippen LogP contribution in [0.25, 0.3) is 53.4 Å². The summed E-state index contributed by atoms with van der Waals surface area (Å²) in [6, 6.07) is 50.9. The molecule has 0 saturated heterocycles. The number of nitriles is 1. The number of nitrogens with one attached hydrogen (secondary N) is 1. The largest absolute Gasteiger partial charge is 0.360 e. The Morgan fingerprint density at radius 3 is 2.26 bits per heavy atom. The summed E-state index contributed by atoms with van der Waals surface area (Å²) >= 11 is 1.86. The lowest BCUT2D eigenvalue weighted by molar-refractivity contribution is 0.664. The molecule has 0 fully saturated rings. The van der Waals surface area contributed by atoms with Crippen LogP contribution in [0.2, 0.25) is 0 Å². The molecule has 1 aliphatic heterocycles. The molecule has 0 aliphatic carbocycles. The molecular weight excluding hydrogens is 581 g/mol. The molecule has 0 radical (unpaired) electrons. The summed E-state index contributed by atoms with van der Waals surface area (Å²) in [6.45, 7) is 0. The van der Waals surface area contributed by atoms with Crippen LogP contribution in [0, 0.1) is 11.3 Å². The second kappa shape index (κ2) is 10.6. The van der Waals surface area contributed by atoms with Crippen molar-refractivity contribution in [2.24, 2.45) is 4.99 Å². The van der Waals surface area contributed by atoms with Crippen LogP contribution in [0.1, 0.15) is 28.4 Å². The van der Waals surface area contributed by atoms with E-state index < -0.39 is 0 Å². The number of benzene rings is 6. The zero-order valence-electron chi connectivity index (χ0n) is 24.7. The molecule has 1 N–H and O–H groups in total. The summed E-state index contributed by atoms with van der Waals surface area (Å²) in [5.74, 6) is 0. The maximum Gasteiger partial charge on any atom is 0.145 e. The Morgan fingerprint density at radius 2 is 1.41 bits per heavy atom. The highest BCUT2D eigenvalue weighted by atomic mass is 32.1. The van der Waals surface area contributed by atoms with Crippen molar-refractivity contribution in [3.8, 4) is 11.8 Å². The molecule has 0 amide bonds. The van der Waals surface area contributed by atoms with Gasteiger partial charge in [0.2, 0.25) is 0 Å². The SMILES string of the molecule is N#Cc1cccc(C2=CC(c3ccccc3)=NC(c3ccc(-n4c5ccccc5c5ccc6c7ccccc7sc6c54)cc3)N2)c1. The summed E-state index contributed by atoms with van der Waals surface area (Å²) in [5.41, 5.74) is 9.10. The average Bonchev–Trinajstić information content (AvgIpc) is 3.68. The first kappa shape index (κ1) is 26.4. The lowest BCUT2D eigenvalue weighted by Crippen LogP contribution is -2.25. The van der Waals surface area contributed by atoms with Gasteiger partial charge in [0, 0.05) is 37.6 Å². The topological polar surface area (TPSA) is 53.1 Å². The molecule has 216 valence electrons. The summed E-state index contributed by atoms with van der Waals surface area (Å²) in [5, 5.41) is 18.3. The number of thiophene rings is 1. The van der Waals surface area contributed by atoms with Crippen molar-refractivity contribution < 1.29 is 0 Å². The Balaban J connectivity index is 1.18. The van der Waals surface area contributed by atoms with E-state index in [1.54, 1.807) is 0 Å². The molecule has 1 unspecified atom stereocenters. The van der Waals surface area contributed by atoms with Gasteiger partial charge in [-0.3, -0.25) is 4.99 Å². The van der Waals surface area contributed by atoms with E-state index in [1.165, 1.54) is 42.0 Å². The van der Waals surface area contributed by atoms with Crippen LogP contribution < -0.4 is 5.32 Å². The number of rotatable bonds is 4. The molecular formula is C41H26N4S. The van der Waals surface area contributed by atoms with Crippen molar-refractivity contribution in [1.82, 2.24) is 9.88 Å². The zero-order valence-corrected chi connectivity index (χ0v) is 25.5. The van der Waals surface area contributed by atoms with Crippen LogP contribution in [0.4, 0.5) is 0 Å². The number of nitrogens with zero attached hydrogens (tertiary/aromatic N) is 3. The van der Waals surface area contributed by atoms with Crippen molar-refractivity contribution in [2.75, 3.05) is 0 Å². The van der Waals surface area contributed by atoms with Crippen LogP contribution in [-0.4, -0.2) is 10.3 Å². The standard InChI is InChI=1S/C41H26N4S/c42-25-26-9-8-12-29(23-26)36-24-35(27-10-2-1-3-11-27)43-41(44-36)28-17-19-30(20-18-28)45-37-15-6-4-13-31(37)33-21-22-34-32-14-5-7-16-38(32)46-40(34)39(33)45/h1-24,41,44H. The predicted octanol–water partition coefficient (Wildman–Crippen LogP) is 10.2. The minimum atomic E-state index is -0.289. The molecule has 3 heterocycles. The van der Waals surface area contributed by atoms with Crippen LogP contribution >= 0.6 is 11.3 Å². The third-order valence-corrected chi connectivity index (χ3v) is 10.1. The minimum absolute atomic E-state index is 0.289. The van der Waals surface area contributed by atoms with Gasteiger partial charge in [-0.25, -0.2) is 0 Å². The van der Waals surface area contributed by atoms with Crippen molar-refractivity contribution in [3.63, 3.8) is 0 Å². The van der Waals surface area contributed by atoms with Gasteiger partial charge >= 0.3 is 0 Å². The van der Waals surface area contributed by atoms with Crippen LogP contribution in [0.5, 0.6) is 0 Å². The van der Waals surface area contributed by atoms with E-state index in [1.807, 2.05) is 53.8 Å². The Hall–Kier alpha value is -5.96. The lowest BCUT2D eigenvalue weighted by Gasteiger charge is -2.25. The molecule has 46 heavy (non-hydrogen) atoms. The number of aromatic nitrogens is 1. The van der Waals surface area contributed by atoms with E-state index in [-0.39, 0.29) is 6.17 Å². The minimum Gasteiger partial charge on any atom is -0.360 e. The fourth-order valence-electron chi connectivity index (χ4n) is 6.69. The Morgan fingerprint density at radius 1 is 0.674 bits per heavy atom. The summed E-state index contributed by atoms with van der Waals surface area (Å²) in [6.07, 6.45) is 1.79. The van der Waals surface area contributed by atoms with Crippen molar-refractivity contribution >= 4 is 64.7 Å². The fourth-order valence-corrected chi connectivity index (χ4v) is 7.93. The maximum absolute atomic E-state index is 9.54. The Labute approximate surface area is 269 Å². The van der Waals surface area contributed by atoms with Crippen LogP contribution in [-0.2, 0) is 0 Å². The summed E-state index contributed by atoms with van der Waals surface area (Å²) < 4.78 is 5.02. The molecule has 4 nitrogen and oxygen atoms in total. The molecule has 1 atom stereocenters. The molecule has 6 aromatic carbocycles. The fraction of sp³-hybridized carbons (Fsp3) is 0.0244. The molecule has 2 aromatic heterocycles. The molecule has 5 heteroatoms. The van der Waals surface area contributed by atoms with Gasteiger partial charge in [0.1, 0.15) is 6.17 Å². The smallest absolute Gasteiger partial charge is 0.145 e. The van der Waals surface area contributed by atoms with E-state index in [0.29, 0.717) is 5.56 Å². The maximum atomic E-state index is 9.54. The van der Waals surface area contributed by atoms with Gasteiger partial charge in [-0.15, -0.1) is 11.3 Å². The van der Waals surface area contributed by atoms with Crippen molar-refractivity contribution in [3.05, 3.63) is 168 Å². The zero-order chi connectivity index (χ0) is 30.6. The van der Waals surface area contributed by atoms with Gasteiger partial charge in [-0.2, -0.15) is 5.26 Å². The first-order valence-corrected chi connectivity index (χ1v) is 16.1. The number of allylic oxidation sites excluding steroid dienone is 1. The Bertz CT molecular complexity index is 2560. The van der Waals surface area contributed by atoms with Gasteiger partial charge in [-0.1, -0.05) is 103 Å². The predicted molar refractivity (Wildman–Crippen MR) is 192 cm³/mol. The second-order valence-corrected chi connectivity index (χ2v) is 12.6. The van der Waals surface area contributed by atoms with Crippen molar-refractivity contribution in [2.45, 2.75) is 6.17 Å².